The maximum absolute atomic E-state index is 12.6. The Morgan fingerprint density at radius 3 is 2.77 bits per heavy atom. The molecule has 0 spiro atoms. The van der Waals surface area contributed by atoms with Crippen LogP contribution < -0.4 is 0 Å². The van der Waals surface area contributed by atoms with E-state index >= 15 is 0 Å². The summed E-state index contributed by atoms with van der Waals surface area (Å²) in [5.41, 5.74) is 1.39. The first kappa shape index (κ1) is 18.5. The van der Waals surface area contributed by atoms with Crippen LogP contribution in [0.2, 0.25) is 0 Å². The van der Waals surface area contributed by atoms with Crippen LogP contribution in [0, 0.1) is 5.92 Å². The molecular weight excluding hydrogens is 352 g/mol. The molecule has 1 aliphatic carbocycles. The Bertz CT molecular complexity index is 866. The maximum atomic E-state index is 12.6. The molecule has 0 aromatic rings. The van der Waals surface area contributed by atoms with Gasteiger partial charge >= 0.3 is 5.97 Å². The Morgan fingerprint density at radius 2 is 2.08 bits per heavy atom. The van der Waals surface area contributed by atoms with Crippen LogP contribution in [0.25, 0.3) is 0 Å². The second kappa shape index (κ2) is 6.76. The molecule has 0 N–H and O–H groups in total. The van der Waals surface area contributed by atoms with E-state index in [1.54, 1.807) is 13.0 Å². The van der Waals surface area contributed by atoms with E-state index in [0.29, 0.717) is 28.4 Å². The molecule has 0 amide bonds. The Hall–Kier alpha value is -2.33. The Morgan fingerprint density at radius 1 is 1.35 bits per heavy atom. The monoisotopic (exact) mass is 372 g/mol. The fourth-order valence-corrected chi connectivity index (χ4v) is 3.47. The minimum absolute atomic E-state index is 0.0478. The third-order valence-electron chi connectivity index (χ3n) is 4.83. The first-order valence-electron chi connectivity index (χ1n) is 8.61. The number of carbonyl (C=O) groups excluding carboxylic acids is 2. The minimum Gasteiger partial charge on any atom is -0.464 e. The van der Waals surface area contributed by atoms with Crippen LogP contribution in [0.15, 0.2) is 69.7 Å². The largest absolute Gasteiger partial charge is 0.464 e. The SMILES string of the molecule is CCC(C)/C=C(C)/C=C/C1=CC2=C(Cl)C(=O)[C@]3(C)OC(=O)C=C3C2=CO1. The van der Waals surface area contributed by atoms with Gasteiger partial charge in [0.1, 0.15) is 5.76 Å². The van der Waals surface area contributed by atoms with E-state index in [9.17, 15) is 9.59 Å². The number of hydrogen-bond acceptors (Lipinski definition) is 4. The Balaban J connectivity index is 1.93. The number of ketones is 1. The van der Waals surface area contributed by atoms with Crippen LogP contribution in [0.1, 0.15) is 34.1 Å². The lowest BCUT2D eigenvalue weighted by molar-refractivity contribution is -0.152. The molecule has 2 atom stereocenters. The van der Waals surface area contributed by atoms with Crippen molar-refractivity contribution in [3.05, 3.63) is 69.7 Å². The summed E-state index contributed by atoms with van der Waals surface area (Å²) < 4.78 is 10.9. The van der Waals surface area contributed by atoms with Crippen molar-refractivity contribution in [3.63, 3.8) is 0 Å². The highest BCUT2D eigenvalue weighted by Gasteiger charge is 2.52. The van der Waals surface area contributed by atoms with Gasteiger partial charge in [-0.25, -0.2) is 4.79 Å². The van der Waals surface area contributed by atoms with Crippen molar-refractivity contribution < 1.29 is 19.1 Å². The molecule has 0 fully saturated rings. The molecule has 0 bridgehead atoms. The van der Waals surface area contributed by atoms with Gasteiger partial charge in [-0.15, -0.1) is 0 Å². The second-order valence-corrected chi connectivity index (χ2v) is 7.27. The number of halogens is 1. The normalized spacial score (nSPS) is 26.7. The zero-order valence-corrected chi connectivity index (χ0v) is 16.0. The zero-order valence-electron chi connectivity index (χ0n) is 15.3. The zero-order chi connectivity index (χ0) is 19.1. The maximum Gasteiger partial charge on any atom is 0.332 e. The summed E-state index contributed by atoms with van der Waals surface area (Å²) in [6.07, 6.45) is 11.6. The molecule has 26 heavy (non-hydrogen) atoms. The number of rotatable bonds is 4. The molecular formula is C21H21ClO4. The summed E-state index contributed by atoms with van der Waals surface area (Å²) >= 11 is 6.30. The van der Waals surface area contributed by atoms with Gasteiger partial charge in [-0.05, 0) is 31.9 Å². The molecule has 0 radical (unpaired) electrons. The van der Waals surface area contributed by atoms with Crippen molar-refractivity contribution in [1.29, 1.82) is 0 Å². The van der Waals surface area contributed by atoms with Gasteiger partial charge in [0.05, 0.1) is 11.3 Å². The number of ether oxygens (including phenoxy) is 2. The molecule has 0 saturated heterocycles. The van der Waals surface area contributed by atoms with Crippen molar-refractivity contribution in [3.8, 4) is 0 Å². The third-order valence-corrected chi connectivity index (χ3v) is 5.21. The smallest absolute Gasteiger partial charge is 0.332 e. The molecule has 5 heteroatoms. The number of esters is 1. The molecule has 0 aromatic heterocycles. The minimum atomic E-state index is -1.37. The van der Waals surface area contributed by atoms with E-state index in [0.717, 1.165) is 12.0 Å². The second-order valence-electron chi connectivity index (χ2n) is 6.89. The molecule has 0 saturated carbocycles. The Labute approximate surface area is 158 Å². The van der Waals surface area contributed by atoms with Crippen LogP contribution in [0.4, 0.5) is 0 Å². The molecule has 4 nitrogen and oxygen atoms in total. The molecule has 3 rings (SSSR count). The van der Waals surface area contributed by atoms with Gasteiger partial charge in [0, 0.05) is 22.8 Å². The van der Waals surface area contributed by atoms with Gasteiger partial charge in [0.2, 0.25) is 5.78 Å². The van der Waals surface area contributed by atoms with Crippen LogP contribution in [0.3, 0.4) is 0 Å². The molecule has 2 aliphatic heterocycles. The van der Waals surface area contributed by atoms with Crippen molar-refractivity contribution in [2.45, 2.75) is 39.7 Å². The summed E-state index contributed by atoms with van der Waals surface area (Å²) in [4.78, 5) is 24.3. The van der Waals surface area contributed by atoms with Crippen molar-refractivity contribution in [2.24, 2.45) is 5.92 Å². The lowest BCUT2D eigenvalue weighted by Crippen LogP contribution is -2.42. The lowest BCUT2D eigenvalue weighted by Gasteiger charge is -2.32. The summed E-state index contributed by atoms with van der Waals surface area (Å²) in [6.45, 7) is 7.89. The van der Waals surface area contributed by atoms with E-state index in [4.69, 9.17) is 21.1 Å². The quantitative estimate of drug-likeness (QED) is 0.532. The predicted molar refractivity (Wildman–Crippen MR) is 100 cm³/mol. The van der Waals surface area contributed by atoms with E-state index in [2.05, 4.69) is 19.9 Å². The number of carbonyl (C=O) groups is 2. The molecule has 136 valence electrons. The number of allylic oxidation sites excluding steroid dienone is 6. The lowest BCUT2D eigenvalue weighted by atomic mass is 9.77. The van der Waals surface area contributed by atoms with Crippen LogP contribution in [-0.2, 0) is 19.1 Å². The summed E-state index contributed by atoms with van der Waals surface area (Å²) in [5.74, 6) is 0.103. The molecule has 3 aliphatic rings. The topological polar surface area (TPSA) is 52.6 Å². The van der Waals surface area contributed by atoms with Crippen LogP contribution >= 0.6 is 11.6 Å². The average molecular weight is 373 g/mol. The predicted octanol–water partition coefficient (Wildman–Crippen LogP) is 4.65. The van der Waals surface area contributed by atoms with E-state index in [1.807, 2.05) is 19.1 Å². The highest BCUT2D eigenvalue weighted by molar-refractivity contribution is 6.46. The van der Waals surface area contributed by atoms with Gasteiger partial charge in [0.15, 0.2) is 5.60 Å². The number of fused-ring (bicyclic) bond motifs is 3. The standard InChI is InChI=1S/C21H21ClO4/c1-5-12(2)8-13(3)6-7-14-9-15-16(11-25-14)17-10-18(23)26-21(17,4)20(24)19(15)22/h6-12H,5H2,1-4H3/b7-6+,13-8+/t12?,21-/m1/s1. The van der Waals surface area contributed by atoms with Gasteiger partial charge in [-0.1, -0.05) is 49.6 Å². The molecule has 0 aromatic carbocycles. The van der Waals surface area contributed by atoms with E-state index in [1.165, 1.54) is 12.3 Å². The highest BCUT2D eigenvalue weighted by Crippen LogP contribution is 2.46. The van der Waals surface area contributed by atoms with Crippen molar-refractivity contribution in [1.82, 2.24) is 0 Å². The van der Waals surface area contributed by atoms with Crippen molar-refractivity contribution >= 4 is 23.4 Å². The van der Waals surface area contributed by atoms with Gasteiger partial charge in [0.25, 0.3) is 0 Å². The first-order chi connectivity index (χ1) is 12.3. The van der Waals surface area contributed by atoms with Crippen molar-refractivity contribution in [2.75, 3.05) is 0 Å². The number of Topliss-reactive ketones (excluding diaryl/α,β-unsaturated/α-hetero) is 1. The summed E-state index contributed by atoms with van der Waals surface area (Å²) in [5, 5.41) is 0.0478. The van der Waals surface area contributed by atoms with E-state index < -0.39 is 17.4 Å². The third kappa shape index (κ3) is 3.10. The summed E-state index contributed by atoms with van der Waals surface area (Å²) in [6, 6.07) is 0. The average Bonchev–Trinajstić information content (AvgIpc) is 2.93. The fraction of sp³-hybridized carbons (Fsp3) is 0.333. The van der Waals surface area contributed by atoms with Crippen LogP contribution in [-0.4, -0.2) is 17.4 Å². The van der Waals surface area contributed by atoms with Gasteiger partial charge in [-0.3, -0.25) is 4.79 Å². The Kier molecular flexibility index (Phi) is 4.80. The van der Waals surface area contributed by atoms with Crippen LogP contribution in [0.5, 0.6) is 0 Å². The molecule has 2 heterocycles. The first-order valence-corrected chi connectivity index (χ1v) is 8.99. The van der Waals surface area contributed by atoms with Gasteiger partial charge < -0.3 is 9.47 Å². The fourth-order valence-electron chi connectivity index (χ4n) is 3.13. The highest BCUT2D eigenvalue weighted by atomic mass is 35.5. The van der Waals surface area contributed by atoms with E-state index in [-0.39, 0.29) is 5.03 Å². The van der Waals surface area contributed by atoms with Gasteiger partial charge in [-0.2, -0.15) is 0 Å². The molecule has 1 unspecified atom stereocenters. The number of hydrogen-bond donors (Lipinski definition) is 0. The summed E-state index contributed by atoms with van der Waals surface area (Å²) in [7, 11) is 0.